The predicted octanol–water partition coefficient (Wildman–Crippen LogP) is 4.41. The highest BCUT2D eigenvalue weighted by Gasteiger charge is 1.91. The van der Waals surface area contributed by atoms with E-state index in [0.29, 0.717) is 13.0 Å². The maximum Gasteiger partial charge on any atom is 0.309 e. The second-order valence-corrected chi connectivity index (χ2v) is 4.84. The quantitative estimate of drug-likeness (QED) is 0.354. The molecule has 0 unspecified atom stereocenters. The molecular formula is C19H38O4. The van der Waals surface area contributed by atoms with Crippen LogP contribution in [0.1, 0.15) is 72.1 Å². The lowest BCUT2D eigenvalue weighted by atomic mass is 10.2. The highest BCUT2D eigenvalue weighted by molar-refractivity contribution is 5.70. The van der Waals surface area contributed by atoms with Gasteiger partial charge in [-0.15, -0.1) is 0 Å². The van der Waals surface area contributed by atoms with Crippen molar-refractivity contribution in [3.63, 3.8) is 0 Å². The Morgan fingerprint density at radius 3 is 1.91 bits per heavy atom. The van der Waals surface area contributed by atoms with Crippen LogP contribution in [0.5, 0.6) is 0 Å². The van der Waals surface area contributed by atoms with Crippen molar-refractivity contribution in [3.05, 3.63) is 24.3 Å². The van der Waals surface area contributed by atoms with Gasteiger partial charge in [-0.2, -0.15) is 0 Å². The smallest absolute Gasteiger partial charge is 0.309 e. The third-order valence-electron chi connectivity index (χ3n) is 2.62. The lowest BCUT2D eigenvalue weighted by Crippen LogP contribution is -1.96. The summed E-state index contributed by atoms with van der Waals surface area (Å²) >= 11 is 0. The van der Waals surface area contributed by atoms with Crippen molar-refractivity contribution in [1.29, 1.82) is 0 Å². The average Bonchev–Trinajstić information content (AvgIpc) is 2.57. The van der Waals surface area contributed by atoms with Gasteiger partial charge in [0.15, 0.2) is 0 Å². The number of unbranched alkanes of at least 4 members (excludes halogenated alkanes) is 3. The van der Waals surface area contributed by atoms with E-state index in [9.17, 15) is 4.79 Å². The molecule has 23 heavy (non-hydrogen) atoms. The number of hydrogen-bond donors (Lipinski definition) is 2. The van der Waals surface area contributed by atoms with Crippen LogP contribution in [0.4, 0.5) is 0 Å². The zero-order chi connectivity index (χ0) is 18.2. The van der Waals surface area contributed by atoms with Crippen molar-refractivity contribution >= 4 is 5.97 Å². The fraction of sp³-hybridized carbons (Fsp3) is 0.737. The summed E-state index contributed by atoms with van der Waals surface area (Å²) in [4.78, 5) is 10.4. The van der Waals surface area contributed by atoms with Crippen molar-refractivity contribution in [1.82, 2.24) is 0 Å². The third-order valence-corrected chi connectivity index (χ3v) is 2.62. The molecule has 0 bridgehead atoms. The monoisotopic (exact) mass is 330 g/mol. The van der Waals surface area contributed by atoms with Crippen LogP contribution in [0.3, 0.4) is 0 Å². The first-order valence-corrected chi connectivity index (χ1v) is 8.72. The predicted molar refractivity (Wildman–Crippen MR) is 98.4 cm³/mol. The Morgan fingerprint density at radius 2 is 1.48 bits per heavy atom. The molecule has 0 saturated heterocycles. The normalized spacial score (nSPS) is 10.0. The standard InChI is InChI=1S/C7H12O2.C6H14O.C6H12O/c1-3-4-5-6-7(8)9-2;2*1-2-3-4-5-6-7/h4-5H,3,6H2,1-2H3;7H,2-6H2,1H3;3-4,7H,2,5-6H2,1H3/b5-4+;;. The largest absolute Gasteiger partial charge is 0.469 e. The van der Waals surface area contributed by atoms with Crippen LogP contribution in [0.2, 0.25) is 0 Å². The molecule has 0 fully saturated rings. The van der Waals surface area contributed by atoms with Gasteiger partial charge in [-0.25, -0.2) is 0 Å². The summed E-state index contributed by atoms with van der Waals surface area (Å²) in [6.07, 6.45) is 15.7. The van der Waals surface area contributed by atoms with Gasteiger partial charge in [0.2, 0.25) is 0 Å². The number of ether oxygens (including phenoxy) is 1. The van der Waals surface area contributed by atoms with E-state index >= 15 is 0 Å². The van der Waals surface area contributed by atoms with Gasteiger partial charge in [-0.1, -0.05) is 64.3 Å². The summed E-state index contributed by atoms with van der Waals surface area (Å²) in [6, 6.07) is 0. The van der Waals surface area contributed by atoms with E-state index in [1.54, 1.807) is 0 Å². The van der Waals surface area contributed by atoms with Gasteiger partial charge >= 0.3 is 5.97 Å². The second-order valence-electron chi connectivity index (χ2n) is 4.84. The Labute approximate surface area is 143 Å². The zero-order valence-electron chi connectivity index (χ0n) is 15.6. The Bertz CT molecular complexity index is 256. The van der Waals surface area contributed by atoms with Crippen molar-refractivity contribution in [2.45, 2.75) is 72.1 Å². The number of carbonyl (C=O) groups excluding carboxylic acids is 1. The van der Waals surface area contributed by atoms with E-state index in [-0.39, 0.29) is 12.6 Å². The summed E-state index contributed by atoms with van der Waals surface area (Å²) in [5.41, 5.74) is 0. The SMILES string of the molecule is CC/C=C/CC(=O)OC.CCC=CCCO.CCCCCCO. The third kappa shape index (κ3) is 38.6. The number of esters is 1. The lowest BCUT2D eigenvalue weighted by Gasteiger charge is -1.90. The van der Waals surface area contributed by atoms with Crippen molar-refractivity contribution in [2.24, 2.45) is 0 Å². The maximum atomic E-state index is 10.4. The Morgan fingerprint density at radius 1 is 0.870 bits per heavy atom. The van der Waals surface area contributed by atoms with E-state index in [1.807, 2.05) is 25.2 Å². The summed E-state index contributed by atoms with van der Waals surface area (Å²) in [5.74, 6) is -0.181. The molecule has 4 nitrogen and oxygen atoms in total. The zero-order valence-corrected chi connectivity index (χ0v) is 15.6. The number of carbonyl (C=O) groups is 1. The van der Waals surface area contributed by atoms with Crippen LogP contribution in [-0.2, 0) is 9.53 Å². The van der Waals surface area contributed by atoms with E-state index in [4.69, 9.17) is 10.2 Å². The molecule has 0 aliphatic heterocycles. The Kier molecular flexibility index (Phi) is 33.7. The van der Waals surface area contributed by atoms with Crippen LogP contribution in [-0.4, -0.2) is 36.5 Å². The maximum absolute atomic E-state index is 10.4. The molecule has 138 valence electrons. The molecule has 2 N–H and O–H groups in total. The van der Waals surface area contributed by atoms with Gasteiger partial charge in [-0.3, -0.25) is 4.79 Å². The van der Waals surface area contributed by atoms with E-state index in [1.165, 1.54) is 26.4 Å². The summed E-state index contributed by atoms with van der Waals surface area (Å²) in [7, 11) is 1.39. The lowest BCUT2D eigenvalue weighted by molar-refractivity contribution is -0.139. The number of rotatable bonds is 10. The molecule has 0 aromatic heterocycles. The Hall–Kier alpha value is -1.13. The average molecular weight is 331 g/mol. The topological polar surface area (TPSA) is 66.8 Å². The molecule has 0 amide bonds. The van der Waals surface area contributed by atoms with Gasteiger partial charge in [0.1, 0.15) is 0 Å². The molecule has 0 aliphatic rings. The fourth-order valence-electron chi connectivity index (χ4n) is 1.33. The van der Waals surface area contributed by atoms with Gasteiger partial charge in [0.05, 0.1) is 13.5 Å². The van der Waals surface area contributed by atoms with Crippen LogP contribution >= 0.6 is 0 Å². The first-order valence-electron chi connectivity index (χ1n) is 8.72. The van der Waals surface area contributed by atoms with Gasteiger partial charge < -0.3 is 14.9 Å². The number of aliphatic hydroxyl groups is 2. The molecule has 0 aromatic rings. The molecule has 0 spiro atoms. The van der Waals surface area contributed by atoms with Crippen molar-refractivity contribution in [3.8, 4) is 0 Å². The van der Waals surface area contributed by atoms with Crippen molar-refractivity contribution in [2.75, 3.05) is 20.3 Å². The van der Waals surface area contributed by atoms with Gasteiger partial charge in [-0.05, 0) is 25.7 Å². The van der Waals surface area contributed by atoms with Crippen molar-refractivity contribution < 1.29 is 19.7 Å². The molecule has 0 radical (unpaired) electrons. The van der Waals surface area contributed by atoms with E-state index < -0.39 is 0 Å². The number of aliphatic hydroxyl groups excluding tert-OH is 2. The molecule has 4 heteroatoms. The molecular weight excluding hydrogens is 292 g/mol. The van der Waals surface area contributed by atoms with E-state index in [2.05, 4.69) is 24.7 Å². The fourth-order valence-corrected chi connectivity index (χ4v) is 1.33. The van der Waals surface area contributed by atoms with Crippen LogP contribution in [0.25, 0.3) is 0 Å². The van der Waals surface area contributed by atoms with Crippen LogP contribution in [0.15, 0.2) is 24.3 Å². The molecule has 0 aliphatic carbocycles. The molecule has 0 saturated carbocycles. The van der Waals surface area contributed by atoms with Gasteiger partial charge in [0, 0.05) is 13.2 Å². The second kappa shape index (κ2) is 29.0. The van der Waals surface area contributed by atoms with E-state index in [0.717, 1.165) is 25.7 Å². The number of allylic oxidation sites excluding steroid dienone is 2. The summed E-state index contributed by atoms with van der Waals surface area (Å²) in [6.45, 7) is 6.90. The molecule has 0 heterocycles. The first-order chi connectivity index (χ1) is 11.1. The highest BCUT2D eigenvalue weighted by atomic mass is 16.5. The van der Waals surface area contributed by atoms with Crippen LogP contribution in [0, 0.1) is 0 Å². The summed E-state index contributed by atoms with van der Waals surface area (Å²) < 4.78 is 4.41. The minimum Gasteiger partial charge on any atom is -0.469 e. The molecule has 0 aromatic carbocycles. The van der Waals surface area contributed by atoms with Gasteiger partial charge in [0.25, 0.3) is 0 Å². The molecule has 0 atom stereocenters. The number of methoxy groups -OCH3 is 1. The van der Waals surface area contributed by atoms with Crippen LogP contribution < -0.4 is 0 Å². The first kappa shape index (κ1) is 26.8. The minimum absolute atomic E-state index is 0.181. The summed E-state index contributed by atoms with van der Waals surface area (Å²) in [5, 5.41) is 16.5. The minimum atomic E-state index is -0.181. The Balaban J connectivity index is -0.000000264. The highest BCUT2D eigenvalue weighted by Crippen LogP contribution is 1.96. The molecule has 0 rings (SSSR count). The number of hydrogen-bond acceptors (Lipinski definition) is 4.